The summed E-state index contributed by atoms with van der Waals surface area (Å²) < 4.78 is 0. The zero-order valence-corrected chi connectivity index (χ0v) is 10.1. The van der Waals surface area contributed by atoms with Gasteiger partial charge in [-0.1, -0.05) is 12.8 Å². The molecule has 1 saturated carbocycles. The van der Waals surface area contributed by atoms with Crippen molar-refractivity contribution in [3.8, 4) is 0 Å². The van der Waals surface area contributed by atoms with Gasteiger partial charge in [0.05, 0.1) is 6.04 Å². The van der Waals surface area contributed by atoms with Crippen molar-refractivity contribution in [2.45, 2.75) is 57.2 Å². The molecule has 1 unspecified atom stereocenters. The van der Waals surface area contributed by atoms with Crippen molar-refractivity contribution in [1.29, 1.82) is 0 Å². The molecule has 1 aliphatic carbocycles. The minimum atomic E-state index is -0.895. The van der Waals surface area contributed by atoms with Crippen molar-refractivity contribution in [1.82, 2.24) is 4.90 Å². The Hall–Kier alpha value is -1.10. The maximum atomic E-state index is 12.1. The largest absolute Gasteiger partial charge is 0.480 e. The fraction of sp³-hybridized carbons (Fsp3) is 0.833. The van der Waals surface area contributed by atoms with Gasteiger partial charge < -0.3 is 15.7 Å². The van der Waals surface area contributed by atoms with Gasteiger partial charge >= 0.3 is 5.97 Å². The summed E-state index contributed by atoms with van der Waals surface area (Å²) in [6.07, 6.45) is 4.78. The number of nitrogens with zero attached hydrogens (tertiary/aromatic N) is 1. The molecule has 2 aliphatic rings. The van der Waals surface area contributed by atoms with E-state index in [1.807, 2.05) is 0 Å². The summed E-state index contributed by atoms with van der Waals surface area (Å²) in [6.45, 7) is 1.62. The maximum Gasteiger partial charge on any atom is 0.326 e. The van der Waals surface area contributed by atoms with Crippen LogP contribution >= 0.6 is 0 Å². The van der Waals surface area contributed by atoms with Crippen molar-refractivity contribution in [2.24, 2.45) is 11.7 Å². The Balaban J connectivity index is 2.23. The van der Waals surface area contributed by atoms with Gasteiger partial charge in [-0.3, -0.25) is 4.79 Å². The van der Waals surface area contributed by atoms with Crippen LogP contribution in [0, 0.1) is 5.92 Å². The quantitative estimate of drug-likeness (QED) is 0.739. The molecule has 5 nitrogen and oxygen atoms in total. The number of aliphatic carboxylic acids is 1. The highest BCUT2D eigenvalue weighted by Gasteiger charge is 2.47. The first-order valence-electron chi connectivity index (χ1n) is 6.33. The molecule has 0 aromatic carbocycles. The lowest BCUT2D eigenvalue weighted by molar-refractivity contribution is -0.150. The molecule has 0 aromatic rings. The summed E-state index contributed by atoms with van der Waals surface area (Å²) in [6, 6.07) is -1.18. The number of likely N-dealkylation sites (tertiary alicyclic amines) is 1. The van der Waals surface area contributed by atoms with Crippen LogP contribution in [0.3, 0.4) is 0 Å². The molecule has 2 rings (SSSR count). The lowest BCUT2D eigenvalue weighted by atomic mass is 9.84. The van der Waals surface area contributed by atoms with E-state index in [4.69, 9.17) is 5.73 Å². The lowest BCUT2D eigenvalue weighted by Gasteiger charge is -2.33. The Morgan fingerprint density at radius 2 is 2.00 bits per heavy atom. The number of nitrogens with two attached hydrogens (primary N) is 1. The summed E-state index contributed by atoms with van der Waals surface area (Å²) >= 11 is 0. The molecule has 1 heterocycles. The first-order chi connectivity index (χ1) is 8.02. The molecule has 0 radical (unpaired) electrons. The van der Waals surface area contributed by atoms with Gasteiger partial charge in [0.2, 0.25) is 5.91 Å². The molecule has 1 amide bonds. The molecule has 0 aromatic heterocycles. The monoisotopic (exact) mass is 240 g/mol. The standard InChI is InChI=1S/C12H20N2O3/c1-7(13)11(15)14-9-5-3-2-4-8(9)6-10(14)12(16)17/h7-10H,2-6,13H2,1H3,(H,16,17)/t7?,8-,9-,10-/m0/s1. The Morgan fingerprint density at radius 3 is 2.59 bits per heavy atom. The highest BCUT2D eigenvalue weighted by molar-refractivity contribution is 5.87. The van der Waals surface area contributed by atoms with Crippen molar-refractivity contribution in [3.05, 3.63) is 0 Å². The Morgan fingerprint density at radius 1 is 1.35 bits per heavy atom. The van der Waals surface area contributed by atoms with Gasteiger partial charge in [-0.25, -0.2) is 4.79 Å². The van der Waals surface area contributed by atoms with Gasteiger partial charge in [0.1, 0.15) is 6.04 Å². The Bertz CT molecular complexity index is 330. The van der Waals surface area contributed by atoms with Crippen molar-refractivity contribution in [3.63, 3.8) is 0 Å². The molecule has 1 aliphatic heterocycles. The maximum absolute atomic E-state index is 12.1. The molecular weight excluding hydrogens is 220 g/mol. The molecule has 96 valence electrons. The number of carboxylic acids is 1. The van der Waals surface area contributed by atoms with Crippen molar-refractivity contribution >= 4 is 11.9 Å². The molecule has 5 heteroatoms. The zero-order chi connectivity index (χ0) is 12.6. The Labute approximate surface area is 101 Å². The predicted octanol–water partition coefficient (Wildman–Crippen LogP) is 0.578. The smallest absolute Gasteiger partial charge is 0.326 e. The van der Waals surface area contributed by atoms with E-state index in [0.717, 1.165) is 25.7 Å². The van der Waals surface area contributed by atoms with E-state index >= 15 is 0 Å². The van der Waals surface area contributed by atoms with Crippen molar-refractivity contribution in [2.75, 3.05) is 0 Å². The summed E-state index contributed by atoms with van der Waals surface area (Å²) in [4.78, 5) is 24.9. The third-order valence-electron chi connectivity index (χ3n) is 4.02. The predicted molar refractivity (Wildman–Crippen MR) is 62.3 cm³/mol. The van der Waals surface area contributed by atoms with Crippen LogP contribution < -0.4 is 5.73 Å². The van der Waals surface area contributed by atoms with Crippen LogP contribution in [0.25, 0.3) is 0 Å². The highest BCUT2D eigenvalue weighted by Crippen LogP contribution is 2.39. The van der Waals surface area contributed by atoms with Crippen LogP contribution in [0.1, 0.15) is 39.0 Å². The van der Waals surface area contributed by atoms with Crippen LogP contribution in [0.5, 0.6) is 0 Å². The second-order valence-electron chi connectivity index (χ2n) is 5.24. The molecule has 3 N–H and O–H groups in total. The average Bonchev–Trinajstić information content (AvgIpc) is 2.67. The second-order valence-corrected chi connectivity index (χ2v) is 5.24. The first-order valence-corrected chi connectivity index (χ1v) is 6.33. The molecular formula is C12H20N2O3. The molecule has 2 fully saturated rings. The van der Waals surface area contributed by atoms with Crippen LogP contribution in [0.2, 0.25) is 0 Å². The SMILES string of the molecule is CC(N)C(=O)N1[C@H](C(=O)O)C[C@@H]2CCCC[C@@H]21. The number of hydrogen-bond donors (Lipinski definition) is 2. The second kappa shape index (κ2) is 4.64. The minimum Gasteiger partial charge on any atom is -0.480 e. The number of fused-ring (bicyclic) bond motifs is 1. The van der Waals surface area contributed by atoms with Crippen LogP contribution in [-0.2, 0) is 9.59 Å². The minimum absolute atomic E-state index is 0.100. The van der Waals surface area contributed by atoms with Crippen LogP contribution in [0.15, 0.2) is 0 Å². The van der Waals surface area contributed by atoms with E-state index in [-0.39, 0.29) is 11.9 Å². The van der Waals surface area contributed by atoms with Gasteiger partial charge in [0.25, 0.3) is 0 Å². The van der Waals surface area contributed by atoms with Crippen molar-refractivity contribution < 1.29 is 14.7 Å². The van der Waals surface area contributed by atoms with Gasteiger partial charge in [-0.05, 0) is 32.1 Å². The van der Waals surface area contributed by atoms with E-state index in [0.29, 0.717) is 12.3 Å². The van der Waals surface area contributed by atoms with Crippen LogP contribution in [0.4, 0.5) is 0 Å². The average molecular weight is 240 g/mol. The molecule has 0 spiro atoms. The van der Waals surface area contributed by atoms with E-state index < -0.39 is 18.1 Å². The molecule has 1 saturated heterocycles. The van der Waals surface area contributed by atoms with E-state index in [2.05, 4.69) is 0 Å². The van der Waals surface area contributed by atoms with Gasteiger partial charge in [0, 0.05) is 6.04 Å². The molecule has 0 bridgehead atoms. The fourth-order valence-electron chi connectivity index (χ4n) is 3.23. The fourth-order valence-corrected chi connectivity index (χ4v) is 3.23. The number of carbonyl (C=O) groups excluding carboxylic acids is 1. The molecule has 17 heavy (non-hydrogen) atoms. The summed E-state index contributed by atoms with van der Waals surface area (Å²) in [5, 5.41) is 9.23. The first kappa shape index (κ1) is 12.4. The van der Waals surface area contributed by atoms with Gasteiger partial charge in [-0.15, -0.1) is 0 Å². The zero-order valence-electron chi connectivity index (χ0n) is 10.1. The van der Waals surface area contributed by atoms with Crippen LogP contribution in [-0.4, -0.2) is 40.0 Å². The number of amides is 1. The molecule has 4 atom stereocenters. The third kappa shape index (κ3) is 2.16. The number of carboxylic acid groups (broad SMARTS) is 1. The number of carbonyl (C=O) groups is 2. The van der Waals surface area contributed by atoms with E-state index in [9.17, 15) is 14.7 Å². The normalized spacial score (nSPS) is 34.2. The summed E-state index contributed by atoms with van der Waals surface area (Å²) in [7, 11) is 0. The summed E-state index contributed by atoms with van der Waals surface area (Å²) in [5.41, 5.74) is 5.62. The van der Waals surface area contributed by atoms with Gasteiger partial charge in [-0.2, -0.15) is 0 Å². The topological polar surface area (TPSA) is 83.6 Å². The highest BCUT2D eigenvalue weighted by atomic mass is 16.4. The van der Waals surface area contributed by atoms with E-state index in [1.54, 1.807) is 11.8 Å². The van der Waals surface area contributed by atoms with Gasteiger partial charge in [0.15, 0.2) is 0 Å². The Kier molecular flexibility index (Phi) is 3.38. The lowest BCUT2D eigenvalue weighted by Crippen LogP contribution is -2.51. The number of rotatable bonds is 2. The summed E-state index contributed by atoms with van der Waals surface area (Å²) in [5.74, 6) is -0.757. The van der Waals surface area contributed by atoms with E-state index in [1.165, 1.54) is 0 Å². The number of hydrogen-bond acceptors (Lipinski definition) is 3. The third-order valence-corrected chi connectivity index (χ3v) is 4.02.